The van der Waals surface area contributed by atoms with Crippen molar-refractivity contribution >= 4 is 30.0 Å². The van der Waals surface area contributed by atoms with Crippen LogP contribution in [0.15, 0.2) is 30.3 Å². The molecule has 0 aliphatic rings. The van der Waals surface area contributed by atoms with E-state index in [1.807, 2.05) is 6.07 Å². The van der Waals surface area contributed by atoms with Crippen LogP contribution in [0, 0.1) is 10.8 Å². The highest BCUT2D eigenvalue weighted by atomic mass is 16.6. The van der Waals surface area contributed by atoms with Crippen LogP contribution < -0.4 is 16.0 Å². The number of hydrogen-bond donors (Lipinski definition) is 4. The van der Waals surface area contributed by atoms with E-state index in [1.54, 1.807) is 52.0 Å². The summed E-state index contributed by atoms with van der Waals surface area (Å²) >= 11 is 0. The molecule has 1 aromatic rings. The van der Waals surface area contributed by atoms with Crippen LogP contribution in [0.4, 0.5) is 9.59 Å². The maximum absolute atomic E-state index is 13.0. The fourth-order valence-electron chi connectivity index (χ4n) is 3.19. The second kappa shape index (κ2) is 19.6. The predicted molar refractivity (Wildman–Crippen MR) is 141 cm³/mol. The lowest BCUT2D eigenvalue weighted by molar-refractivity contribution is -0.148. The summed E-state index contributed by atoms with van der Waals surface area (Å²) < 4.78 is 15.3. The van der Waals surface area contributed by atoms with Crippen LogP contribution in [0.5, 0.6) is 0 Å². The molecule has 14 heteroatoms. The number of carboxylic acid groups (broad SMARTS) is 1. The predicted octanol–water partition coefficient (Wildman–Crippen LogP) is 2.92. The van der Waals surface area contributed by atoms with Crippen molar-refractivity contribution in [2.75, 3.05) is 13.2 Å². The Balaban J connectivity index is 0.00000742. The number of alkyl carbamates (subject to hydrolysis) is 2. The summed E-state index contributed by atoms with van der Waals surface area (Å²) in [5.41, 5.74) is 0.126. The quantitative estimate of drug-likeness (QED) is 0.105. The van der Waals surface area contributed by atoms with Gasteiger partial charge in [0.1, 0.15) is 24.3 Å². The summed E-state index contributed by atoms with van der Waals surface area (Å²) in [6.45, 7) is 7.16. The van der Waals surface area contributed by atoms with E-state index >= 15 is 0 Å². The van der Waals surface area contributed by atoms with Crippen LogP contribution in [0.1, 0.15) is 65.4 Å². The number of esters is 1. The molecule has 0 heterocycles. The van der Waals surface area contributed by atoms with Crippen LogP contribution in [0.3, 0.4) is 0 Å². The van der Waals surface area contributed by atoms with Crippen LogP contribution in [-0.4, -0.2) is 66.0 Å². The van der Waals surface area contributed by atoms with E-state index in [0.717, 1.165) is 5.56 Å². The van der Waals surface area contributed by atoms with E-state index in [2.05, 4.69) is 16.0 Å². The van der Waals surface area contributed by atoms with Gasteiger partial charge in [-0.25, -0.2) is 14.4 Å². The minimum Gasteiger partial charge on any atom is -0.481 e. The number of unbranched alkanes of at least 4 members (excludes halogenated alkanes) is 1. The molecule has 0 fully saturated rings. The van der Waals surface area contributed by atoms with Crippen LogP contribution >= 0.6 is 0 Å². The fraction of sp³-hybridized carbons (Fsp3) is 0.577. The van der Waals surface area contributed by atoms with E-state index in [-0.39, 0.29) is 39.0 Å². The normalized spacial score (nSPS) is 11.8. The lowest BCUT2D eigenvalue weighted by Crippen LogP contribution is -2.52. The first-order valence-electron chi connectivity index (χ1n) is 12.7. The minimum absolute atomic E-state index is 0.00904. The van der Waals surface area contributed by atoms with Gasteiger partial charge in [-0.1, -0.05) is 30.3 Å². The number of carbonyl (C=O) groups excluding carboxylic acids is 4. The van der Waals surface area contributed by atoms with Crippen molar-refractivity contribution in [2.45, 2.75) is 84.1 Å². The highest BCUT2D eigenvalue weighted by molar-refractivity contribution is 5.89. The Morgan fingerprint density at radius 3 is 2.12 bits per heavy atom. The Hall–Kier alpha value is -4.41. The number of hydrogen-bond acceptors (Lipinski definition) is 10. The molecule has 0 aliphatic heterocycles. The fourth-order valence-corrected chi connectivity index (χ4v) is 3.19. The van der Waals surface area contributed by atoms with Crippen molar-refractivity contribution < 1.29 is 43.3 Å². The maximum atomic E-state index is 13.0. The molecule has 2 atom stereocenters. The average molecular weight is 566 g/mol. The smallest absolute Gasteiger partial charge is 0.408 e. The zero-order valence-electron chi connectivity index (χ0n) is 23.3. The standard InChI is InChI=1S/C26H39N3O9.N2/c1-5-36-23(33)20(14-15-21(30)31)28-22(32)19(13-9-10-16-27-24(34)38-26(2,3)4)29-25(35)37-17-18-11-7-6-8-12-18;1-2/h6-8,11-12,19-20H,5,9-10,13-17H2,1-4H3,(H,27,34)(H,28,32)(H,29,35)(H,30,31);/t19-,20+;/m0./s1. The highest BCUT2D eigenvalue weighted by Gasteiger charge is 2.28. The van der Waals surface area contributed by atoms with Crippen molar-refractivity contribution in [2.24, 2.45) is 0 Å². The van der Waals surface area contributed by atoms with E-state index in [9.17, 15) is 24.0 Å². The SMILES string of the molecule is CCOC(=O)[C@@H](CCC(=O)O)NC(=O)[C@H](CCCCNC(=O)OC(C)(C)C)NC(=O)OCc1ccccc1.N#N. The molecule has 1 aromatic carbocycles. The van der Waals surface area contributed by atoms with Gasteiger partial charge in [-0.05, 0) is 58.9 Å². The Kier molecular flexibility index (Phi) is 17.5. The minimum atomic E-state index is -1.20. The first-order valence-corrected chi connectivity index (χ1v) is 12.7. The molecule has 222 valence electrons. The highest BCUT2D eigenvalue weighted by Crippen LogP contribution is 2.09. The van der Waals surface area contributed by atoms with Gasteiger partial charge in [-0.2, -0.15) is 0 Å². The number of carboxylic acids is 1. The molecule has 40 heavy (non-hydrogen) atoms. The molecule has 1 rings (SSSR count). The molecular formula is C26H39N5O9. The van der Waals surface area contributed by atoms with E-state index < -0.39 is 47.7 Å². The van der Waals surface area contributed by atoms with Gasteiger partial charge >= 0.3 is 24.1 Å². The summed E-state index contributed by atoms with van der Waals surface area (Å²) in [5.74, 6) is -2.59. The first kappa shape index (κ1) is 35.6. The summed E-state index contributed by atoms with van der Waals surface area (Å²) in [6.07, 6.45) is -0.876. The molecule has 0 aliphatic carbocycles. The average Bonchev–Trinajstić information content (AvgIpc) is 2.89. The molecule has 3 amide bonds. The Bertz CT molecular complexity index is 964. The maximum Gasteiger partial charge on any atom is 0.408 e. The second-order valence-electron chi connectivity index (χ2n) is 9.43. The Morgan fingerprint density at radius 1 is 0.900 bits per heavy atom. The number of nitrogens with zero attached hydrogens (tertiary/aromatic N) is 2. The van der Waals surface area contributed by atoms with Gasteiger partial charge in [0, 0.05) is 23.8 Å². The second-order valence-corrected chi connectivity index (χ2v) is 9.43. The van der Waals surface area contributed by atoms with Crippen molar-refractivity contribution in [3.05, 3.63) is 35.9 Å². The lowest BCUT2D eigenvalue weighted by Gasteiger charge is -2.22. The summed E-state index contributed by atoms with van der Waals surface area (Å²) in [7, 11) is 0. The number of nitrogens with one attached hydrogen (secondary N) is 3. The van der Waals surface area contributed by atoms with Gasteiger partial charge in [0.25, 0.3) is 0 Å². The molecule has 0 saturated carbocycles. The number of rotatable bonds is 15. The molecule has 0 spiro atoms. The number of benzene rings is 1. The first-order chi connectivity index (χ1) is 18.9. The van der Waals surface area contributed by atoms with E-state index in [1.165, 1.54) is 0 Å². The number of carbonyl (C=O) groups is 5. The third kappa shape index (κ3) is 17.2. The molecule has 0 unspecified atom stereocenters. The van der Waals surface area contributed by atoms with Gasteiger partial charge in [0.2, 0.25) is 5.91 Å². The zero-order valence-corrected chi connectivity index (χ0v) is 23.3. The molecule has 0 bridgehead atoms. The molecule has 0 radical (unpaired) electrons. The molecule has 14 nitrogen and oxygen atoms in total. The van der Waals surface area contributed by atoms with Crippen LogP contribution in [0.25, 0.3) is 0 Å². The van der Waals surface area contributed by atoms with Crippen LogP contribution in [0.2, 0.25) is 0 Å². The summed E-state index contributed by atoms with van der Waals surface area (Å²) in [6, 6.07) is 6.70. The number of ether oxygens (including phenoxy) is 3. The van der Waals surface area contributed by atoms with Gasteiger partial charge in [-0.15, -0.1) is 0 Å². The summed E-state index contributed by atoms with van der Waals surface area (Å²) in [5, 5.41) is 28.6. The molecular weight excluding hydrogens is 526 g/mol. The lowest BCUT2D eigenvalue weighted by atomic mass is 10.1. The largest absolute Gasteiger partial charge is 0.481 e. The summed E-state index contributed by atoms with van der Waals surface area (Å²) in [4.78, 5) is 60.5. The van der Waals surface area contributed by atoms with Gasteiger partial charge in [-0.3, -0.25) is 9.59 Å². The van der Waals surface area contributed by atoms with Gasteiger partial charge < -0.3 is 35.3 Å². The van der Waals surface area contributed by atoms with Crippen molar-refractivity contribution in [1.29, 1.82) is 10.8 Å². The van der Waals surface area contributed by atoms with E-state index in [4.69, 9.17) is 30.1 Å². The third-order valence-corrected chi connectivity index (χ3v) is 4.94. The molecule has 4 N–H and O–H groups in total. The van der Waals surface area contributed by atoms with Crippen molar-refractivity contribution in [1.82, 2.24) is 16.0 Å². The van der Waals surface area contributed by atoms with Gasteiger partial charge in [0.05, 0.1) is 6.61 Å². The van der Waals surface area contributed by atoms with Gasteiger partial charge in [0.15, 0.2) is 0 Å². The number of amides is 3. The molecule has 0 saturated heterocycles. The van der Waals surface area contributed by atoms with Crippen molar-refractivity contribution in [3.63, 3.8) is 0 Å². The molecule has 0 aromatic heterocycles. The zero-order chi connectivity index (χ0) is 30.6. The van der Waals surface area contributed by atoms with Crippen molar-refractivity contribution in [3.8, 4) is 0 Å². The topological polar surface area (TPSA) is 217 Å². The van der Waals surface area contributed by atoms with E-state index in [0.29, 0.717) is 12.8 Å². The Labute approximate surface area is 233 Å². The monoisotopic (exact) mass is 565 g/mol. The third-order valence-electron chi connectivity index (χ3n) is 4.94. The Morgan fingerprint density at radius 2 is 1.55 bits per heavy atom. The number of aliphatic carboxylic acids is 1. The van der Waals surface area contributed by atoms with Crippen LogP contribution in [-0.2, 0) is 35.2 Å².